The van der Waals surface area contributed by atoms with Crippen LogP contribution < -0.4 is 14.4 Å². The maximum Gasteiger partial charge on any atom is 0.264 e. The minimum absolute atomic E-state index is 0.0457. The molecule has 0 saturated carbocycles. The summed E-state index contributed by atoms with van der Waals surface area (Å²) in [5.74, 6) is 1.97. The molecule has 0 atom stereocenters. The van der Waals surface area contributed by atoms with Crippen LogP contribution in [0, 0.1) is 0 Å². The molecule has 10 heteroatoms. The van der Waals surface area contributed by atoms with Gasteiger partial charge in [0.15, 0.2) is 5.82 Å². The lowest BCUT2D eigenvalue weighted by atomic mass is 10.1. The molecule has 0 radical (unpaired) electrons. The van der Waals surface area contributed by atoms with E-state index < -0.39 is 0 Å². The molecule has 0 unspecified atom stereocenters. The zero-order valence-corrected chi connectivity index (χ0v) is 24.0. The number of benzene rings is 2. The summed E-state index contributed by atoms with van der Waals surface area (Å²) in [5.41, 5.74) is 2.67. The topological polar surface area (TPSA) is 88.1 Å². The number of carbonyl (C=O) groups is 2. The Bertz CT molecular complexity index is 1440. The normalized spacial score (nSPS) is 13.1. The first-order valence-electron chi connectivity index (χ1n) is 13.5. The quantitative estimate of drug-likeness (QED) is 0.281. The number of thiophene rings is 1. The van der Waals surface area contributed by atoms with Crippen molar-refractivity contribution < 1.29 is 19.1 Å². The van der Waals surface area contributed by atoms with Crippen LogP contribution in [0.25, 0.3) is 11.3 Å². The van der Waals surface area contributed by atoms with E-state index >= 15 is 0 Å². The Morgan fingerprint density at radius 1 is 0.902 bits per heavy atom. The molecule has 3 heterocycles. The van der Waals surface area contributed by atoms with Gasteiger partial charge in [-0.1, -0.05) is 36.4 Å². The van der Waals surface area contributed by atoms with E-state index in [1.165, 1.54) is 11.3 Å². The summed E-state index contributed by atoms with van der Waals surface area (Å²) in [7, 11) is 3.23. The monoisotopic (exact) mass is 571 g/mol. The Balaban J connectivity index is 1.19. The molecular formula is C31H33N5O4S. The third-order valence-electron chi connectivity index (χ3n) is 7.15. The first-order valence-corrected chi connectivity index (χ1v) is 14.4. The number of rotatable bonds is 10. The molecule has 0 bridgehead atoms. The smallest absolute Gasteiger partial charge is 0.264 e. The van der Waals surface area contributed by atoms with Crippen LogP contribution in [0.3, 0.4) is 0 Å². The lowest BCUT2D eigenvalue weighted by Crippen LogP contribution is -2.52. The van der Waals surface area contributed by atoms with Crippen LogP contribution in [0.15, 0.2) is 78.2 Å². The third kappa shape index (κ3) is 6.83. The number of methoxy groups -OCH3 is 2. The minimum atomic E-state index is -0.105. The highest BCUT2D eigenvalue weighted by molar-refractivity contribution is 7.12. The zero-order chi connectivity index (χ0) is 28.6. The van der Waals surface area contributed by atoms with E-state index in [4.69, 9.17) is 9.47 Å². The van der Waals surface area contributed by atoms with Gasteiger partial charge in [-0.05, 0) is 47.7 Å². The average molecular weight is 572 g/mol. The molecule has 5 rings (SSSR count). The lowest BCUT2D eigenvalue weighted by molar-refractivity contribution is -0.132. The number of nitrogens with zero attached hydrogens (tertiary/aromatic N) is 5. The molecular weight excluding hydrogens is 538 g/mol. The minimum Gasteiger partial charge on any atom is -0.497 e. The lowest BCUT2D eigenvalue weighted by Gasteiger charge is -2.36. The van der Waals surface area contributed by atoms with Crippen molar-refractivity contribution in [2.24, 2.45) is 0 Å². The molecule has 1 saturated heterocycles. The molecule has 1 aliphatic rings. The van der Waals surface area contributed by atoms with E-state index in [2.05, 4.69) is 15.1 Å². The number of ether oxygens (including phenoxy) is 2. The summed E-state index contributed by atoms with van der Waals surface area (Å²) in [6.07, 6.45) is 0.691. The fourth-order valence-electron chi connectivity index (χ4n) is 4.81. The summed E-state index contributed by atoms with van der Waals surface area (Å²) in [6.45, 7) is 2.90. The summed E-state index contributed by atoms with van der Waals surface area (Å²) in [4.78, 5) is 32.8. The summed E-state index contributed by atoms with van der Waals surface area (Å²) in [5, 5.41) is 10.8. The van der Waals surface area contributed by atoms with Crippen LogP contribution in [0.4, 0.5) is 5.82 Å². The fourth-order valence-corrected chi connectivity index (χ4v) is 5.50. The van der Waals surface area contributed by atoms with Crippen molar-refractivity contribution in [2.75, 3.05) is 58.4 Å². The first kappa shape index (κ1) is 28.1. The Morgan fingerprint density at radius 2 is 1.71 bits per heavy atom. The van der Waals surface area contributed by atoms with Crippen molar-refractivity contribution in [3.63, 3.8) is 0 Å². The van der Waals surface area contributed by atoms with Crippen molar-refractivity contribution in [1.82, 2.24) is 20.0 Å². The SMILES string of the molecule is COc1ccc(-c2ccc(N3CCN(C(=O)CN(CCc4ccccc4)C(=O)c4cccs4)CC3)nn2)c(OC)c1. The highest BCUT2D eigenvalue weighted by Gasteiger charge is 2.26. The van der Waals surface area contributed by atoms with Gasteiger partial charge in [-0.25, -0.2) is 0 Å². The van der Waals surface area contributed by atoms with Gasteiger partial charge in [0.2, 0.25) is 5.91 Å². The largest absolute Gasteiger partial charge is 0.497 e. The first-order chi connectivity index (χ1) is 20.1. The van der Waals surface area contributed by atoms with Crippen LogP contribution in [-0.2, 0) is 11.2 Å². The molecule has 4 aromatic rings. The number of piperazine rings is 1. The molecule has 2 aromatic carbocycles. The van der Waals surface area contributed by atoms with Gasteiger partial charge in [-0.2, -0.15) is 0 Å². The molecule has 2 aromatic heterocycles. The fraction of sp³-hybridized carbons (Fsp3) is 0.290. The molecule has 9 nitrogen and oxygen atoms in total. The third-order valence-corrected chi connectivity index (χ3v) is 8.01. The van der Waals surface area contributed by atoms with E-state index in [-0.39, 0.29) is 18.4 Å². The molecule has 0 spiro atoms. The van der Waals surface area contributed by atoms with E-state index in [0.29, 0.717) is 61.2 Å². The average Bonchev–Trinajstić information content (AvgIpc) is 3.58. The summed E-state index contributed by atoms with van der Waals surface area (Å²) in [6, 6.07) is 23.1. The number of aromatic nitrogens is 2. The van der Waals surface area contributed by atoms with Crippen LogP contribution in [0.1, 0.15) is 15.2 Å². The number of carbonyl (C=O) groups excluding carboxylic acids is 2. The Hall–Kier alpha value is -4.44. The summed E-state index contributed by atoms with van der Waals surface area (Å²) < 4.78 is 10.8. The van der Waals surface area contributed by atoms with Crippen molar-refractivity contribution in [1.29, 1.82) is 0 Å². The molecule has 2 amide bonds. The predicted molar refractivity (Wildman–Crippen MR) is 160 cm³/mol. The van der Waals surface area contributed by atoms with Crippen molar-refractivity contribution in [3.8, 4) is 22.8 Å². The molecule has 1 fully saturated rings. The van der Waals surface area contributed by atoms with Gasteiger partial charge in [0.25, 0.3) is 5.91 Å². The van der Waals surface area contributed by atoms with Gasteiger partial charge >= 0.3 is 0 Å². The van der Waals surface area contributed by atoms with E-state index in [1.807, 2.05) is 83.1 Å². The van der Waals surface area contributed by atoms with E-state index in [1.54, 1.807) is 19.1 Å². The molecule has 212 valence electrons. The molecule has 41 heavy (non-hydrogen) atoms. The molecule has 0 N–H and O–H groups in total. The highest BCUT2D eigenvalue weighted by Crippen LogP contribution is 2.32. The van der Waals surface area contributed by atoms with Gasteiger partial charge in [0, 0.05) is 44.4 Å². The number of anilines is 1. The van der Waals surface area contributed by atoms with Crippen LogP contribution in [0.2, 0.25) is 0 Å². The van der Waals surface area contributed by atoms with Gasteiger partial charge < -0.3 is 24.2 Å². The number of amides is 2. The predicted octanol–water partition coefficient (Wildman–Crippen LogP) is 4.26. The van der Waals surface area contributed by atoms with Crippen molar-refractivity contribution >= 4 is 29.0 Å². The van der Waals surface area contributed by atoms with Gasteiger partial charge in [-0.3, -0.25) is 9.59 Å². The summed E-state index contributed by atoms with van der Waals surface area (Å²) >= 11 is 1.40. The second-order valence-electron chi connectivity index (χ2n) is 9.65. The maximum absolute atomic E-state index is 13.3. The van der Waals surface area contributed by atoms with Crippen molar-refractivity contribution in [2.45, 2.75) is 6.42 Å². The highest BCUT2D eigenvalue weighted by atomic mass is 32.1. The second kappa shape index (κ2) is 13.3. The van der Waals surface area contributed by atoms with Gasteiger partial charge in [-0.15, -0.1) is 21.5 Å². The Morgan fingerprint density at radius 3 is 2.37 bits per heavy atom. The van der Waals surface area contributed by atoms with Gasteiger partial charge in [0.1, 0.15) is 18.0 Å². The molecule has 0 aliphatic carbocycles. The van der Waals surface area contributed by atoms with E-state index in [0.717, 1.165) is 16.9 Å². The van der Waals surface area contributed by atoms with Crippen molar-refractivity contribution in [3.05, 3.63) is 88.6 Å². The number of hydrogen-bond donors (Lipinski definition) is 0. The van der Waals surface area contributed by atoms with Crippen LogP contribution in [-0.4, -0.2) is 85.3 Å². The van der Waals surface area contributed by atoms with Gasteiger partial charge in [0.05, 0.1) is 24.8 Å². The van der Waals surface area contributed by atoms with E-state index in [9.17, 15) is 9.59 Å². The Labute approximate surface area is 243 Å². The van der Waals surface area contributed by atoms with Crippen LogP contribution >= 0.6 is 11.3 Å². The zero-order valence-electron chi connectivity index (χ0n) is 23.2. The number of hydrogen-bond acceptors (Lipinski definition) is 8. The van der Waals surface area contributed by atoms with Crippen LogP contribution in [0.5, 0.6) is 11.5 Å². The Kier molecular flexibility index (Phi) is 9.10. The maximum atomic E-state index is 13.3. The second-order valence-corrected chi connectivity index (χ2v) is 10.6. The molecule has 1 aliphatic heterocycles. The standard InChI is InChI=1S/C31H33N5O4S/c1-39-24-10-11-25(27(21-24)40-2)26-12-13-29(33-32-26)34-16-18-35(19-17-34)30(37)22-36(31(38)28-9-6-20-41-28)15-14-23-7-4-3-5-8-23/h3-13,20-21H,14-19,22H2,1-2H3.